The average Bonchev–Trinajstić information content (AvgIpc) is 2.95. The molecule has 0 aromatic carbocycles. The first-order chi connectivity index (χ1) is 9.08. The molecule has 7 heteroatoms. The van der Waals surface area contributed by atoms with Crippen molar-refractivity contribution >= 4 is 17.2 Å². The molecule has 0 saturated carbocycles. The Hall–Kier alpha value is -1.76. The lowest BCUT2D eigenvalue weighted by atomic mass is 10.2. The zero-order valence-electron chi connectivity index (χ0n) is 11.3. The van der Waals surface area contributed by atoms with Crippen LogP contribution in [0.3, 0.4) is 0 Å². The number of thiazole rings is 1. The van der Waals surface area contributed by atoms with E-state index in [4.69, 9.17) is 0 Å². The molecule has 2 aromatic rings. The van der Waals surface area contributed by atoms with Gasteiger partial charge in [-0.15, -0.1) is 21.5 Å². The fourth-order valence-electron chi connectivity index (χ4n) is 1.86. The molecule has 1 N–H and O–H groups in total. The third kappa shape index (κ3) is 3.37. The van der Waals surface area contributed by atoms with Crippen molar-refractivity contribution < 1.29 is 4.79 Å². The second-order valence-corrected chi connectivity index (χ2v) is 5.39. The van der Waals surface area contributed by atoms with Crippen molar-refractivity contribution in [2.24, 2.45) is 7.05 Å². The Morgan fingerprint density at radius 1 is 1.58 bits per heavy atom. The van der Waals surface area contributed by atoms with E-state index in [-0.39, 0.29) is 11.9 Å². The second kappa shape index (κ2) is 5.92. The molecule has 19 heavy (non-hydrogen) atoms. The van der Waals surface area contributed by atoms with E-state index in [9.17, 15) is 4.79 Å². The van der Waals surface area contributed by atoms with Gasteiger partial charge in [0.05, 0.1) is 17.2 Å². The normalized spacial score (nSPS) is 12.4. The molecule has 0 bridgehead atoms. The molecule has 2 rings (SSSR count). The quantitative estimate of drug-likeness (QED) is 0.897. The van der Waals surface area contributed by atoms with Crippen LogP contribution in [0.5, 0.6) is 0 Å². The van der Waals surface area contributed by atoms with Gasteiger partial charge in [0.25, 0.3) is 0 Å². The Kier molecular flexibility index (Phi) is 4.26. The van der Waals surface area contributed by atoms with Crippen molar-refractivity contribution in [3.05, 3.63) is 28.2 Å². The highest BCUT2D eigenvalue weighted by Gasteiger charge is 2.14. The van der Waals surface area contributed by atoms with Crippen molar-refractivity contribution in [2.45, 2.75) is 32.7 Å². The molecule has 0 aliphatic carbocycles. The number of hydrogen-bond acceptors (Lipinski definition) is 5. The molecular formula is C12H17N5OS. The van der Waals surface area contributed by atoms with E-state index in [0.717, 1.165) is 17.9 Å². The number of nitrogens with one attached hydrogen (secondary N) is 1. The maximum absolute atomic E-state index is 11.9. The van der Waals surface area contributed by atoms with Gasteiger partial charge in [-0.1, -0.05) is 0 Å². The molecule has 1 unspecified atom stereocenters. The molecule has 0 aliphatic heterocycles. The van der Waals surface area contributed by atoms with Gasteiger partial charge in [0.2, 0.25) is 5.91 Å². The van der Waals surface area contributed by atoms with E-state index in [1.807, 2.05) is 26.4 Å². The summed E-state index contributed by atoms with van der Waals surface area (Å²) < 4.78 is 1.80. The Labute approximate surface area is 115 Å². The van der Waals surface area contributed by atoms with Crippen LogP contribution in [0.2, 0.25) is 0 Å². The van der Waals surface area contributed by atoms with Gasteiger partial charge >= 0.3 is 0 Å². The average molecular weight is 279 g/mol. The standard InChI is InChI=1S/C12H17N5OS/c1-8-10(19-7-13-8)4-5-11(18)15-9(2)12-16-14-6-17(12)3/h6-7,9H,4-5H2,1-3H3,(H,15,18). The molecule has 0 radical (unpaired) electrons. The molecule has 2 heterocycles. The zero-order chi connectivity index (χ0) is 13.8. The molecule has 102 valence electrons. The van der Waals surface area contributed by atoms with Crippen LogP contribution in [0, 0.1) is 6.92 Å². The summed E-state index contributed by atoms with van der Waals surface area (Å²) >= 11 is 1.59. The SMILES string of the molecule is Cc1ncsc1CCC(=O)NC(C)c1nncn1C. The summed E-state index contributed by atoms with van der Waals surface area (Å²) in [5, 5.41) is 10.7. The number of nitrogens with zero attached hydrogens (tertiary/aromatic N) is 4. The van der Waals surface area contributed by atoms with Gasteiger partial charge in [-0.05, 0) is 20.3 Å². The van der Waals surface area contributed by atoms with Crippen LogP contribution >= 0.6 is 11.3 Å². The molecular weight excluding hydrogens is 262 g/mol. The molecule has 0 fully saturated rings. The number of amides is 1. The second-order valence-electron chi connectivity index (χ2n) is 4.45. The van der Waals surface area contributed by atoms with Crippen molar-refractivity contribution in [3.8, 4) is 0 Å². The van der Waals surface area contributed by atoms with Gasteiger partial charge < -0.3 is 9.88 Å². The number of carbonyl (C=O) groups excluding carboxylic acids is 1. The summed E-state index contributed by atoms with van der Waals surface area (Å²) in [4.78, 5) is 17.2. The zero-order valence-corrected chi connectivity index (χ0v) is 12.1. The van der Waals surface area contributed by atoms with Crippen LogP contribution in [0.25, 0.3) is 0 Å². The minimum atomic E-state index is -0.137. The predicted octanol–water partition coefficient (Wildman–Crippen LogP) is 1.39. The van der Waals surface area contributed by atoms with Gasteiger partial charge in [0.1, 0.15) is 6.33 Å². The van der Waals surface area contributed by atoms with Crippen molar-refractivity contribution in [1.29, 1.82) is 0 Å². The van der Waals surface area contributed by atoms with Crippen LogP contribution < -0.4 is 5.32 Å². The van der Waals surface area contributed by atoms with E-state index in [1.165, 1.54) is 4.88 Å². The van der Waals surface area contributed by atoms with Crippen molar-refractivity contribution in [2.75, 3.05) is 0 Å². The third-order valence-electron chi connectivity index (χ3n) is 2.94. The lowest BCUT2D eigenvalue weighted by Gasteiger charge is -2.12. The number of carbonyl (C=O) groups is 1. The Bertz CT molecular complexity index is 562. The summed E-state index contributed by atoms with van der Waals surface area (Å²) in [6.45, 7) is 3.87. The van der Waals surface area contributed by atoms with Gasteiger partial charge in [-0.25, -0.2) is 4.98 Å². The molecule has 1 atom stereocenters. The first-order valence-corrected chi connectivity index (χ1v) is 6.98. The number of hydrogen-bond donors (Lipinski definition) is 1. The molecule has 0 spiro atoms. The Morgan fingerprint density at radius 3 is 2.95 bits per heavy atom. The largest absolute Gasteiger partial charge is 0.346 e. The molecule has 0 aliphatic rings. The fourth-order valence-corrected chi connectivity index (χ4v) is 2.64. The van der Waals surface area contributed by atoms with Crippen LogP contribution in [-0.2, 0) is 18.3 Å². The Morgan fingerprint density at radius 2 is 2.37 bits per heavy atom. The first-order valence-electron chi connectivity index (χ1n) is 6.10. The fraction of sp³-hybridized carbons (Fsp3) is 0.500. The smallest absolute Gasteiger partial charge is 0.220 e. The van der Waals surface area contributed by atoms with E-state index < -0.39 is 0 Å². The minimum Gasteiger partial charge on any atom is -0.346 e. The van der Waals surface area contributed by atoms with Crippen LogP contribution in [0.4, 0.5) is 0 Å². The van der Waals surface area contributed by atoms with Gasteiger partial charge in [0, 0.05) is 18.3 Å². The third-order valence-corrected chi connectivity index (χ3v) is 3.93. The van der Waals surface area contributed by atoms with Crippen molar-refractivity contribution in [3.63, 3.8) is 0 Å². The van der Waals surface area contributed by atoms with E-state index in [2.05, 4.69) is 20.5 Å². The predicted molar refractivity (Wildman–Crippen MR) is 72.7 cm³/mol. The van der Waals surface area contributed by atoms with Gasteiger partial charge in [-0.3, -0.25) is 4.79 Å². The summed E-state index contributed by atoms with van der Waals surface area (Å²) in [6, 6.07) is -0.137. The van der Waals surface area contributed by atoms with Crippen molar-refractivity contribution in [1.82, 2.24) is 25.1 Å². The van der Waals surface area contributed by atoms with E-state index in [1.54, 1.807) is 22.2 Å². The maximum atomic E-state index is 11.9. The molecule has 0 saturated heterocycles. The van der Waals surface area contributed by atoms with Crippen LogP contribution in [-0.4, -0.2) is 25.7 Å². The number of aromatic nitrogens is 4. The summed E-state index contributed by atoms with van der Waals surface area (Å²) in [7, 11) is 1.86. The molecule has 2 aromatic heterocycles. The van der Waals surface area contributed by atoms with Crippen LogP contribution in [0.15, 0.2) is 11.8 Å². The number of aryl methyl sites for hydroxylation is 3. The lowest BCUT2D eigenvalue weighted by Crippen LogP contribution is -2.28. The lowest BCUT2D eigenvalue weighted by molar-refractivity contribution is -0.121. The maximum Gasteiger partial charge on any atom is 0.220 e. The topological polar surface area (TPSA) is 72.7 Å². The summed E-state index contributed by atoms with van der Waals surface area (Å²) in [5.74, 6) is 0.769. The van der Waals surface area contributed by atoms with Gasteiger partial charge in [-0.2, -0.15) is 0 Å². The highest BCUT2D eigenvalue weighted by Crippen LogP contribution is 2.14. The van der Waals surface area contributed by atoms with Gasteiger partial charge in [0.15, 0.2) is 5.82 Å². The van der Waals surface area contributed by atoms with E-state index in [0.29, 0.717) is 6.42 Å². The Balaban J connectivity index is 1.85. The monoisotopic (exact) mass is 279 g/mol. The summed E-state index contributed by atoms with van der Waals surface area (Å²) in [5.41, 5.74) is 2.82. The first kappa shape index (κ1) is 13.7. The van der Waals surface area contributed by atoms with E-state index >= 15 is 0 Å². The molecule has 1 amide bonds. The minimum absolute atomic E-state index is 0.0169. The van der Waals surface area contributed by atoms with Crippen LogP contribution in [0.1, 0.15) is 35.8 Å². The summed E-state index contributed by atoms with van der Waals surface area (Å²) in [6.07, 6.45) is 2.82. The number of rotatable bonds is 5. The highest BCUT2D eigenvalue weighted by molar-refractivity contribution is 7.09. The molecule has 6 nitrogen and oxygen atoms in total. The highest BCUT2D eigenvalue weighted by atomic mass is 32.1.